The highest BCUT2D eigenvalue weighted by Gasteiger charge is 2.44. The van der Waals surface area contributed by atoms with E-state index in [1.807, 2.05) is 0 Å². The van der Waals surface area contributed by atoms with Gasteiger partial charge in [0.05, 0.1) is 0 Å². The number of hydrogen-bond acceptors (Lipinski definition) is 0. The van der Waals surface area contributed by atoms with Crippen LogP contribution in [0.1, 0.15) is 92.4 Å². The van der Waals surface area contributed by atoms with E-state index < -0.39 is 0 Å². The minimum absolute atomic E-state index is 0.456. The van der Waals surface area contributed by atoms with Gasteiger partial charge in [-0.25, -0.2) is 0 Å². The predicted octanol–water partition coefficient (Wildman–Crippen LogP) is 7.05. The molecule has 0 bridgehead atoms. The van der Waals surface area contributed by atoms with E-state index in [-0.39, 0.29) is 0 Å². The molecule has 2 aliphatic rings. The van der Waals surface area contributed by atoms with Gasteiger partial charge in [-0.1, -0.05) is 34.6 Å². The Bertz CT molecular complexity index is 328. The van der Waals surface area contributed by atoms with E-state index in [1.54, 1.807) is 0 Å². The summed E-state index contributed by atoms with van der Waals surface area (Å²) in [5.74, 6) is 2.73. The van der Waals surface area contributed by atoms with Gasteiger partial charge in [-0.3, -0.25) is 0 Å². The second-order valence-electron chi connectivity index (χ2n) is 10.1. The summed E-state index contributed by atoms with van der Waals surface area (Å²) in [5.41, 5.74) is 1.68. The average Bonchev–Trinajstić information content (AvgIpc) is 2.70. The highest BCUT2D eigenvalue weighted by molar-refractivity contribution is 6.17. The standard InChI is InChI=1S/C20H37Cl/c1-18(2,3)15-19(4,5)17-7-11-20(12-8-17)10-6-16(14-20)9-13-21/h16-17H,6-15H2,1-5H3. The zero-order valence-electron chi connectivity index (χ0n) is 15.1. The number of hydrogen-bond donors (Lipinski definition) is 0. The van der Waals surface area contributed by atoms with Gasteiger partial charge in [0.2, 0.25) is 0 Å². The molecule has 1 unspecified atom stereocenters. The van der Waals surface area contributed by atoms with Crippen LogP contribution < -0.4 is 0 Å². The molecule has 0 radical (unpaired) electrons. The normalized spacial score (nSPS) is 34.6. The van der Waals surface area contributed by atoms with Crippen LogP contribution in [0.2, 0.25) is 0 Å². The van der Waals surface area contributed by atoms with Crippen LogP contribution in [0, 0.1) is 28.1 Å². The second kappa shape index (κ2) is 6.42. The van der Waals surface area contributed by atoms with Crippen molar-refractivity contribution in [3.8, 4) is 0 Å². The smallest absolute Gasteiger partial charge is 0.0226 e. The molecule has 2 saturated carbocycles. The zero-order valence-corrected chi connectivity index (χ0v) is 15.9. The van der Waals surface area contributed by atoms with E-state index >= 15 is 0 Å². The monoisotopic (exact) mass is 312 g/mol. The summed E-state index contributed by atoms with van der Waals surface area (Å²) >= 11 is 5.95. The Hall–Kier alpha value is 0.290. The molecule has 0 nitrogen and oxygen atoms in total. The van der Waals surface area contributed by atoms with Crippen LogP contribution in [0.3, 0.4) is 0 Å². The first-order valence-corrected chi connectivity index (χ1v) is 9.75. The topological polar surface area (TPSA) is 0 Å². The van der Waals surface area contributed by atoms with Gasteiger partial charge in [0.25, 0.3) is 0 Å². The molecule has 0 aromatic heterocycles. The molecule has 2 fully saturated rings. The fourth-order valence-electron chi connectivity index (χ4n) is 5.70. The highest BCUT2D eigenvalue weighted by atomic mass is 35.5. The average molecular weight is 313 g/mol. The van der Waals surface area contributed by atoms with Crippen molar-refractivity contribution < 1.29 is 0 Å². The van der Waals surface area contributed by atoms with Crippen molar-refractivity contribution >= 4 is 11.6 Å². The molecule has 1 atom stereocenters. The van der Waals surface area contributed by atoms with Crippen LogP contribution in [0.15, 0.2) is 0 Å². The Morgan fingerprint density at radius 1 is 0.952 bits per heavy atom. The van der Waals surface area contributed by atoms with E-state index in [4.69, 9.17) is 11.6 Å². The molecule has 21 heavy (non-hydrogen) atoms. The van der Waals surface area contributed by atoms with Crippen LogP contribution in [0.25, 0.3) is 0 Å². The lowest BCUT2D eigenvalue weighted by Crippen LogP contribution is -2.35. The first-order chi connectivity index (χ1) is 9.66. The van der Waals surface area contributed by atoms with Gasteiger partial charge in [-0.2, -0.15) is 0 Å². The summed E-state index contributed by atoms with van der Waals surface area (Å²) in [6, 6.07) is 0. The van der Waals surface area contributed by atoms with Crippen molar-refractivity contribution in [1.29, 1.82) is 0 Å². The second-order valence-corrected chi connectivity index (χ2v) is 10.5. The van der Waals surface area contributed by atoms with Gasteiger partial charge < -0.3 is 0 Å². The van der Waals surface area contributed by atoms with Gasteiger partial charge in [-0.05, 0) is 85.9 Å². The number of halogens is 1. The molecule has 0 aromatic carbocycles. The van der Waals surface area contributed by atoms with Crippen molar-refractivity contribution in [2.75, 3.05) is 5.88 Å². The Balaban J connectivity index is 1.89. The van der Waals surface area contributed by atoms with E-state index in [1.165, 1.54) is 57.8 Å². The zero-order chi connectivity index (χ0) is 15.7. The van der Waals surface area contributed by atoms with Gasteiger partial charge in [0.1, 0.15) is 0 Å². The summed E-state index contributed by atoms with van der Waals surface area (Å²) in [6.07, 6.45) is 12.9. The Kier molecular flexibility index (Phi) is 5.39. The molecule has 1 spiro atoms. The van der Waals surface area contributed by atoms with Crippen molar-refractivity contribution in [2.45, 2.75) is 92.4 Å². The van der Waals surface area contributed by atoms with E-state index in [0.717, 1.165) is 17.7 Å². The highest BCUT2D eigenvalue weighted by Crippen LogP contribution is 2.56. The Labute approximate surface area is 138 Å². The molecule has 2 rings (SSSR count). The molecule has 0 aliphatic heterocycles. The van der Waals surface area contributed by atoms with Gasteiger partial charge in [0, 0.05) is 5.88 Å². The third-order valence-corrected chi connectivity index (χ3v) is 6.68. The first kappa shape index (κ1) is 17.6. The molecule has 0 amide bonds. The maximum Gasteiger partial charge on any atom is 0.0226 e. The molecule has 0 aromatic rings. The summed E-state index contributed by atoms with van der Waals surface area (Å²) in [5, 5.41) is 0. The van der Waals surface area contributed by atoms with Crippen molar-refractivity contribution in [3.05, 3.63) is 0 Å². The van der Waals surface area contributed by atoms with Crippen molar-refractivity contribution in [1.82, 2.24) is 0 Å². The lowest BCUT2D eigenvalue weighted by atomic mass is 9.60. The fourth-order valence-corrected chi connectivity index (χ4v) is 6.01. The molecule has 1 heteroatoms. The van der Waals surface area contributed by atoms with Crippen LogP contribution >= 0.6 is 11.6 Å². The molecular weight excluding hydrogens is 276 g/mol. The van der Waals surface area contributed by atoms with Crippen molar-refractivity contribution in [2.24, 2.45) is 28.1 Å². The third kappa shape index (κ3) is 4.63. The van der Waals surface area contributed by atoms with Gasteiger partial charge >= 0.3 is 0 Å². The van der Waals surface area contributed by atoms with E-state index in [2.05, 4.69) is 34.6 Å². The lowest BCUT2D eigenvalue weighted by Gasteiger charge is -2.46. The van der Waals surface area contributed by atoms with Crippen LogP contribution in [0.4, 0.5) is 0 Å². The summed E-state index contributed by atoms with van der Waals surface area (Å²) in [7, 11) is 0. The summed E-state index contributed by atoms with van der Waals surface area (Å²) in [4.78, 5) is 0. The predicted molar refractivity (Wildman–Crippen MR) is 94.9 cm³/mol. The van der Waals surface area contributed by atoms with Gasteiger partial charge in [-0.15, -0.1) is 11.6 Å². The number of rotatable bonds is 4. The van der Waals surface area contributed by atoms with Crippen LogP contribution in [-0.2, 0) is 0 Å². The molecular formula is C20H37Cl. The maximum atomic E-state index is 5.95. The van der Waals surface area contributed by atoms with E-state index in [0.29, 0.717) is 16.2 Å². The Morgan fingerprint density at radius 3 is 2.05 bits per heavy atom. The first-order valence-electron chi connectivity index (χ1n) is 9.22. The summed E-state index contributed by atoms with van der Waals surface area (Å²) in [6.45, 7) is 12.2. The number of alkyl halides is 1. The minimum atomic E-state index is 0.456. The molecule has 0 saturated heterocycles. The largest absolute Gasteiger partial charge is 0.127 e. The van der Waals surface area contributed by atoms with Crippen LogP contribution in [-0.4, -0.2) is 5.88 Å². The SMILES string of the molecule is CC(C)(C)CC(C)(C)C1CCC2(CCC(CCCl)C2)CC1. The minimum Gasteiger partial charge on any atom is -0.127 e. The van der Waals surface area contributed by atoms with Gasteiger partial charge in [0.15, 0.2) is 0 Å². The summed E-state index contributed by atoms with van der Waals surface area (Å²) < 4.78 is 0. The molecule has 0 N–H and O–H groups in total. The van der Waals surface area contributed by atoms with Crippen molar-refractivity contribution in [3.63, 3.8) is 0 Å². The third-order valence-electron chi connectivity index (χ3n) is 6.46. The molecule has 0 heterocycles. The lowest BCUT2D eigenvalue weighted by molar-refractivity contribution is 0.0515. The van der Waals surface area contributed by atoms with E-state index in [9.17, 15) is 0 Å². The quantitative estimate of drug-likeness (QED) is 0.488. The fraction of sp³-hybridized carbons (Fsp3) is 1.00. The maximum absolute atomic E-state index is 5.95. The molecule has 2 aliphatic carbocycles. The van der Waals surface area contributed by atoms with Crippen LogP contribution in [0.5, 0.6) is 0 Å². The molecule has 124 valence electrons. The Morgan fingerprint density at radius 2 is 1.52 bits per heavy atom.